The van der Waals surface area contributed by atoms with Gasteiger partial charge in [0.25, 0.3) is 0 Å². The summed E-state index contributed by atoms with van der Waals surface area (Å²) in [6.45, 7) is 3.40. The molecule has 2 atom stereocenters. The van der Waals surface area contributed by atoms with E-state index in [0.717, 1.165) is 29.1 Å². The molecule has 2 aliphatic rings. The van der Waals surface area contributed by atoms with Gasteiger partial charge in [-0.15, -0.1) is 5.10 Å². The van der Waals surface area contributed by atoms with Crippen LogP contribution in [0.25, 0.3) is 10.6 Å². The third kappa shape index (κ3) is 4.51. The summed E-state index contributed by atoms with van der Waals surface area (Å²) >= 11 is 1.28. The van der Waals surface area contributed by atoms with E-state index in [1.165, 1.54) is 11.5 Å². The van der Waals surface area contributed by atoms with Crippen molar-refractivity contribution in [3.63, 3.8) is 0 Å². The van der Waals surface area contributed by atoms with Crippen molar-refractivity contribution in [2.24, 2.45) is 0 Å². The number of carbonyl (C=O) groups is 1. The molecule has 2 aromatic heterocycles. The molecule has 0 bridgehead atoms. The van der Waals surface area contributed by atoms with Gasteiger partial charge in [0.1, 0.15) is 4.88 Å². The molecule has 0 radical (unpaired) electrons. The van der Waals surface area contributed by atoms with Crippen molar-refractivity contribution in [2.75, 3.05) is 38.2 Å². The molecule has 0 aromatic carbocycles. The monoisotopic (exact) mass is 439 g/mol. The minimum atomic E-state index is -2.96. The average Bonchev–Trinajstić information content (AvgIpc) is 3.41. The first-order valence-corrected chi connectivity index (χ1v) is 12.4. The van der Waals surface area contributed by atoms with Gasteiger partial charge in [0.05, 0.1) is 29.4 Å². The van der Waals surface area contributed by atoms with E-state index in [1.807, 2.05) is 29.8 Å². The average molecular weight is 440 g/mol. The summed E-state index contributed by atoms with van der Waals surface area (Å²) in [6, 6.07) is 1.79. The molecular weight excluding hydrogens is 414 g/mol. The van der Waals surface area contributed by atoms with Crippen LogP contribution in [0.5, 0.6) is 0 Å². The molecule has 0 aliphatic carbocycles. The van der Waals surface area contributed by atoms with Crippen molar-refractivity contribution in [2.45, 2.75) is 38.1 Å². The number of sulfone groups is 1. The lowest BCUT2D eigenvalue weighted by Gasteiger charge is -2.34. The number of piperidine rings is 1. The first-order chi connectivity index (χ1) is 13.8. The number of nitrogens with zero attached hydrogens (tertiary/aromatic N) is 5. The van der Waals surface area contributed by atoms with Gasteiger partial charge in [-0.3, -0.25) is 9.69 Å². The Kier molecular flexibility index (Phi) is 5.71. The molecule has 2 saturated heterocycles. The van der Waals surface area contributed by atoms with Crippen LogP contribution in [-0.4, -0.2) is 83.1 Å². The van der Waals surface area contributed by atoms with Crippen molar-refractivity contribution in [3.05, 3.63) is 17.5 Å². The van der Waals surface area contributed by atoms with Crippen LogP contribution in [-0.2, 0) is 14.6 Å². The lowest BCUT2D eigenvalue weighted by atomic mass is 9.93. The quantitative estimate of drug-likeness (QED) is 0.686. The maximum absolute atomic E-state index is 12.9. The second-order valence-corrected chi connectivity index (χ2v) is 11.0. The summed E-state index contributed by atoms with van der Waals surface area (Å²) in [5.74, 6) is 1.15. The van der Waals surface area contributed by atoms with Gasteiger partial charge in [0.15, 0.2) is 15.6 Å². The normalized spacial score (nSPS) is 24.3. The molecule has 2 aliphatic heterocycles. The Labute approximate surface area is 174 Å². The maximum atomic E-state index is 12.9. The fraction of sp³-hybridized carbons (Fsp3) is 0.667. The van der Waals surface area contributed by atoms with Crippen molar-refractivity contribution >= 4 is 27.3 Å². The maximum Gasteiger partial charge on any atom is 0.236 e. The van der Waals surface area contributed by atoms with E-state index in [0.29, 0.717) is 25.3 Å². The van der Waals surface area contributed by atoms with Crippen molar-refractivity contribution in [3.8, 4) is 10.6 Å². The Balaban J connectivity index is 1.41. The Bertz CT molecular complexity index is 986. The SMILES string of the molecule is Cc1cc(-c2snnc2[C@H]2CCCN(C(=O)CN(C)[C@H]3CCS(=O)(=O)C3)C2)on1. The molecule has 0 unspecified atom stereocenters. The first kappa shape index (κ1) is 20.4. The molecule has 4 rings (SSSR count). The van der Waals surface area contributed by atoms with E-state index >= 15 is 0 Å². The van der Waals surface area contributed by atoms with Crippen LogP contribution >= 0.6 is 11.5 Å². The molecule has 158 valence electrons. The standard InChI is InChI=1S/C18H25N5O4S2/c1-12-8-15(27-20-12)18-17(19-21-28-18)13-4-3-6-23(9-13)16(24)10-22(2)14-5-7-29(25,26)11-14/h8,13-14H,3-7,9-11H2,1-2H3/t13-,14-/m0/s1. The van der Waals surface area contributed by atoms with Crippen LogP contribution in [0.15, 0.2) is 10.6 Å². The highest BCUT2D eigenvalue weighted by atomic mass is 32.2. The number of hydrogen-bond acceptors (Lipinski definition) is 9. The van der Waals surface area contributed by atoms with Gasteiger partial charge >= 0.3 is 0 Å². The lowest BCUT2D eigenvalue weighted by molar-refractivity contribution is -0.133. The molecule has 9 nitrogen and oxygen atoms in total. The minimum absolute atomic E-state index is 0.0294. The van der Waals surface area contributed by atoms with Crippen LogP contribution in [0.4, 0.5) is 0 Å². The molecule has 11 heteroatoms. The van der Waals surface area contributed by atoms with Crippen molar-refractivity contribution in [1.82, 2.24) is 24.5 Å². The van der Waals surface area contributed by atoms with Crippen LogP contribution in [0, 0.1) is 6.92 Å². The highest BCUT2D eigenvalue weighted by Gasteiger charge is 2.34. The Morgan fingerprint density at radius 3 is 2.93 bits per heavy atom. The van der Waals surface area contributed by atoms with Gasteiger partial charge in [-0.2, -0.15) is 0 Å². The molecular formula is C18H25N5O4S2. The Morgan fingerprint density at radius 2 is 2.24 bits per heavy atom. The summed E-state index contributed by atoms with van der Waals surface area (Å²) in [4.78, 5) is 17.5. The van der Waals surface area contributed by atoms with E-state index in [9.17, 15) is 13.2 Å². The first-order valence-electron chi connectivity index (χ1n) is 9.77. The number of aryl methyl sites for hydroxylation is 1. The number of likely N-dealkylation sites (N-methyl/N-ethyl adjacent to an activating group) is 1. The number of hydrogen-bond donors (Lipinski definition) is 0. The van der Waals surface area contributed by atoms with Gasteiger partial charge < -0.3 is 9.42 Å². The molecule has 0 spiro atoms. The zero-order valence-electron chi connectivity index (χ0n) is 16.6. The molecule has 1 amide bonds. The van der Waals surface area contributed by atoms with Crippen molar-refractivity contribution in [1.29, 1.82) is 0 Å². The van der Waals surface area contributed by atoms with Crippen LogP contribution in [0.3, 0.4) is 0 Å². The van der Waals surface area contributed by atoms with E-state index in [-0.39, 0.29) is 35.9 Å². The van der Waals surface area contributed by atoms with Gasteiger partial charge in [0, 0.05) is 31.1 Å². The highest BCUT2D eigenvalue weighted by molar-refractivity contribution is 7.91. The minimum Gasteiger partial charge on any atom is -0.355 e. The third-order valence-electron chi connectivity index (χ3n) is 5.74. The zero-order chi connectivity index (χ0) is 20.6. The Morgan fingerprint density at radius 1 is 1.41 bits per heavy atom. The number of aromatic nitrogens is 3. The zero-order valence-corrected chi connectivity index (χ0v) is 18.2. The van der Waals surface area contributed by atoms with Crippen LogP contribution in [0.1, 0.15) is 36.6 Å². The molecule has 2 fully saturated rings. The Hall–Kier alpha value is -1.85. The second kappa shape index (κ2) is 8.11. The highest BCUT2D eigenvalue weighted by Crippen LogP contribution is 2.35. The van der Waals surface area contributed by atoms with Crippen molar-refractivity contribution < 1.29 is 17.7 Å². The van der Waals surface area contributed by atoms with E-state index in [2.05, 4.69) is 14.7 Å². The molecule has 0 N–H and O–H groups in total. The number of rotatable bonds is 5. The van der Waals surface area contributed by atoms with Gasteiger partial charge in [0.2, 0.25) is 5.91 Å². The smallest absolute Gasteiger partial charge is 0.236 e. The van der Waals surface area contributed by atoms with E-state index in [4.69, 9.17) is 4.52 Å². The predicted octanol–water partition coefficient (Wildman–Crippen LogP) is 1.33. The summed E-state index contributed by atoms with van der Waals surface area (Å²) in [5, 5.41) is 8.27. The number of likely N-dealkylation sites (tertiary alicyclic amines) is 1. The summed E-state index contributed by atoms with van der Waals surface area (Å²) < 4.78 is 32.9. The molecule has 0 saturated carbocycles. The molecule has 2 aromatic rings. The van der Waals surface area contributed by atoms with Crippen LogP contribution in [0.2, 0.25) is 0 Å². The van der Waals surface area contributed by atoms with Crippen LogP contribution < -0.4 is 0 Å². The van der Waals surface area contributed by atoms with E-state index < -0.39 is 9.84 Å². The third-order valence-corrected chi connectivity index (χ3v) is 8.25. The van der Waals surface area contributed by atoms with Gasteiger partial charge in [-0.05, 0) is 44.8 Å². The molecule has 29 heavy (non-hydrogen) atoms. The van der Waals surface area contributed by atoms with Gasteiger partial charge in [-0.1, -0.05) is 9.64 Å². The number of amides is 1. The predicted molar refractivity (Wildman–Crippen MR) is 108 cm³/mol. The fourth-order valence-corrected chi connectivity index (χ4v) is 6.60. The molecule has 4 heterocycles. The second-order valence-electron chi connectivity index (χ2n) is 7.97. The summed E-state index contributed by atoms with van der Waals surface area (Å²) in [5.41, 5.74) is 1.66. The summed E-state index contributed by atoms with van der Waals surface area (Å²) in [7, 11) is -1.13. The topological polar surface area (TPSA) is 110 Å². The lowest BCUT2D eigenvalue weighted by Crippen LogP contribution is -2.46. The van der Waals surface area contributed by atoms with Gasteiger partial charge in [-0.25, -0.2) is 8.42 Å². The fourth-order valence-electron chi connectivity index (χ4n) is 4.10. The number of carbonyl (C=O) groups excluding carboxylic acids is 1. The van der Waals surface area contributed by atoms with E-state index in [1.54, 1.807) is 0 Å². The largest absolute Gasteiger partial charge is 0.355 e. The summed E-state index contributed by atoms with van der Waals surface area (Å²) in [6.07, 6.45) is 2.43.